The van der Waals surface area contributed by atoms with Crippen molar-refractivity contribution in [2.75, 3.05) is 11.1 Å². The number of anilines is 1. The van der Waals surface area contributed by atoms with E-state index < -0.39 is 0 Å². The first-order chi connectivity index (χ1) is 13.5. The highest BCUT2D eigenvalue weighted by molar-refractivity contribution is 7.99. The van der Waals surface area contributed by atoms with Crippen molar-refractivity contribution in [2.45, 2.75) is 44.7 Å². The third kappa shape index (κ3) is 4.16. The number of nitrogens with zero attached hydrogens (tertiary/aromatic N) is 4. The number of thiazole rings is 1. The van der Waals surface area contributed by atoms with Gasteiger partial charge in [0.05, 0.1) is 16.3 Å². The first-order valence-electron chi connectivity index (χ1n) is 9.39. The molecule has 3 heterocycles. The minimum Gasteiger partial charge on any atom is -0.304 e. The van der Waals surface area contributed by atoms with E-state index in [0.717, 1.165) is 22.6 Å². The van der Waals surface area contributed by atoms with Crippen LogP contribution in [0.5, 0.6) is 0 Å². The molecule has 4 rings (SSSR count). The van der Waals surface area contributed by atoms with Gasteiger partial charge in [-0.1, -0.05) is 25.1 Å². The quantitative estimate of drug-likeness (QED) is 0.577. The van der Waals surface area contributed by atoms with Crippen LogP contribution in [0.25, 0.3) is 10.7 Å². The van der Waals surface area contributed by atoms with Crippen LogP contribution in [0.3, 0.4) is 0 Å². The van der Waals surface area contributed by atoms with Crippen LogP contribution in [0.2, 0.25) is 0 Å². The zero-order valence-electron chi connectivity index (χ0n) is 16.2. The van der Waals surface area contributed by atoms with Crippen LogP contribution in [0.1, 0.15) is 35.9 Å². The molecule has 1 unspecified atom stereocenters. The number of nitrogens with one attached hydrogen (secondary N) is 1. The Morgan fingerprint density at radius 2 is 2.29 bits per heavy atom. The van der Waals surface area contributed by atoms with Crippen LogP contribution in [0.4, 0.5) is 5.13 Å². The van der Waals surface area contributed by atoms with E-state index in [1.165, 1.54) is 64.1 Å². The maximum atomic E-state index is 12.2. The summed E-state index contributed by atoms with van der Waals surface area (Å²) in [6.45, 7) is 4.19. The molecular weight excluding hydrogens is 410 g/mol. The third-order valence-electron chi connectivity index (χ3n) is 5.02. The van der Waals surface area contributed by atoms with Crippen LogP contribution in [0, 0.1) is 12.8 Å². The van der Waals surface area contributed by atoms with Crippen molar-refractivity contribution < 1.29 is 4.79 Å². The van der Waals surface area contributed by atoms with Crippen molar-refractivity contribution >= 4 is 45.5 Å². The summed E-state index contributed by atoms with van der Waals surface area (Å²) < 4.78 is 1.99. The minimum absolute atomic E-state index is 0.0823. The first kappa shape index (κ1) is 19.6. The number of rotatable bonds is 6. The molecule has 28 heavy (non-hydrogen) atoms. The van der Waals surface area contributed by atoms with E-state index in [-0.39, 0.29) is 11.7 Å². The highest BCUT2D eigenvalue weighted by Gasteiger charge is 2.22. The number of carbonyl (C=O) groups is 1. The number of carbonyl (C=O) groups excluding carboxylic acids is 1. The van der Waals surface area contributed by atoms with E-state index in [1.807, 2.05) is 35.3 Å². The fourth-order valence-corrected chi connectivity index (χ4v) is 6.05. The molecule has 0 bridgehead atoms. The molecule has 1 N–H and O–H groups in total. The monoisotopic (exact) mass is 433 g/mol. The van der Waals surface area contributed by atoms with E-state index in [9.17, 15) is 4.79 Å². The molecule has 0 aliphatic heterocycles. The Kier molecular flexibility index (Phi) is 5.84. The van der Waals surface area contributed by atoms with Crippen LogP contribution in [-0.2, 0) is 24.7 Å². The standard InChI is InChI=1S/C19H23N5OS3/c1-4-12-5-6-14-13(7-12)8-15(28-14)17-22-23-19(24(17)3)27-10-16(25)21-18-20-11(2)9-26-18/h8-9,12H,4-7,10H2,1-3H3,(H,20,21,25). The molecule has 0 saturated carbocycles. The van der Waals surface area contributed by atoms with Gasteiger partial charge in [0.2, 0.25) is 5.91 Å². The fraction of sp³-hybridized carbons (Fsp3) is 0.474. The Bertz CT molecular complexity index is 990. The second-order valence-corrected chi connectivity index (χ2v) is 10.0. The molecule has 1 aliphatic rings. The number of thiophene rings is 1. The predicted octanol–water partition coefficient (Wildman–Crippen LogP) is 4.55. The maximum absolute atomic E-state index is 12.2. The molecule has 9 heteroatoms. The molecule has 0 spiro atoms. The highest BCUT2D eigenvalue weighted by atomic mass is 32.2. The van der Waals surface area contributed by atoms with Crippen LogP contribution < -0.4 is 5.32 Å². The van der Waals surface area contributed by atoms with Gasteiger partial charge in [-0.05, 0) is 43.7 Å². The Morgan fingerprint density at radius 3 is 3.04 bits per heavy atom. The van der Waals surface area contributed by atoms with Gasteiger partial charge in [-0.2, -0.15) is 0 Å². The molecule has 1 amide bonds. The van der Waals surface area contributed by atoms with Gasteiger partial charge >= 0.3 is 0 Å². The second-order valence-electron chi connectivity index (χ2n) is 7.07. The fourth-order valence-electron chi connectivity index (χ4n) is 3.41. The SMILES string of the molecule is CCC1CCc2sc(-c3nnc(SCC(=O)Nc4nc(C)cs4)n3C)cc2C1. The van der Waals surface area contributed by atoms with Gasteiger partial charge in [0.15, 0.2) is 16.1 Å². The van der Waals surface area contributed by atoms with Crippen molar-refractivity contribution in [2.24, 2.45) is 13.0 Å². The lowest BCUT2D eigenvalue weighted by Crippen LogP contribution is -2.14. The lowest BCUT2D eigenvalue weighted by atomic mass is 9.87. The van der Waals surface area contributed by atoms with Crippen LogP contribution in [-0.4, -0.2) is 31.4 Å². The number of amides is 1. The number of aromatic nitrogens is 4. The molecule has 3 aromatic rings. The number of thioether (sulfide) groups is 1. The lowest BCUT2D eigenvalue weighted by Gasteiger charge is -2.19. The molecule has 0 radical (unpaired) electrons. The largest absolute Gasteiger partial charge is 0.304 e. The smallest absolute Gasteiger partial charge is 0.236 e. The van der Waals surface area contributed by atoms with Gasteiger partial charge in [0.25, 0.3) is 0 Å². The van der Waals surface area contributed by atoms with E-state index in [4.69, 9.17) is 0 Å². The number of hydrogen-bond acceptors (Lipinski definition) is 7. The van der Waals surface area contributed by atoms with E-state index in [1.54, 1.807) is 0 Å². The highest BCUT2D eigenvalue weighted by Crippen LogP contribution is 2.38. The van der Waals surface area contributed by atoms with Gasteiger partial charge < -0.3 is 9.88 Å². The van der Waals surface area contributed by atoms with Gasteiger partial charge in [0.1, 0.15) is 0 Å². The van der Waals surface area contributed by atoms with E-state index >= 15 is 0 Å². The van der Waals surface area contributed by atoms with E-state index in [0.29, 0.717) is 5.13 Å². The molecule has 3 aromatic heterocycles. The number of hydrogen-bond donors (Lipinski definition) is 1. The van der Waals surface area contributed by atoms with E-state index in [2.05, 4.69) is 33.5 Å². The summed E-state index contributed by atoms with van der Waals surface area (Å²) in [5.41, 5.74) is 2.39. The van der Waals surface area contributed by atoms with Gasteiger partial charge in [-0.3, -0.25) is 4.79 Å². The Morgan fingerprint density at radius 1 is 1.43 bits per heavy atom. The van der Waals surface area contributed by atoms with Gasteiger partial charge in [0, 0.05) is 17.3 Å². The summed E-state index contributed by atoms with van der Waals surface area (Å²) in [6, 6.07) is 2.29. The van der Waals surface area contributed by atoms with Crippen LogP contribution >= 0.6 is 34.4 Å². The summed E-state index contributed by atoms with van der Waals surface area (Å²) >= 11 is 4.67. The van der Waals surface area contributed by atoms with Gasteiger partial charge in [-0.25, -0.2) is 4.98 Å². The number of aryl methyl sites for hydroxylation is 2. The molecule has 1 atom stereocenters. The Balaban J connectivity index is 1.42. The topological polar surface area (TPSA) is 72.7 Å². The molecule has 0 saturated heterocycles. The Labute approximate surface area is 176 Å². The predicted molar refractivity (Wildman–Crippen MR) is 116 cm³/mol. The second kappa shape index (κ2) is 8.34. The normalized spacial score (nSPS) is 16.2. The molecule has 1 aliphatic carbocycles. The summed E-state index contributed by atoms with van der Waals surface area (Å²) in [5, 5.41) is 14.8. The molecule has 0 aromatic carbocycles. The molecule has 0 fully saturated rings. The Hall–Kier alpha value is -1.71. The average Bonchev–Trinajstić information content (AvgIpc) is 3.37. The zero-order chi connectivity index (χ0) is 19.7. The first-order valence-corrected chi connectivity index (χ1v) is 12.1. The number of fused-ring (bicyclic) bond motifs is 1. The summed E-state index contributed by atoms with van der Waals surface area (Å²) in [6.07, 6.45) is 4.89. The van der Waals surface area contributed by atoms with Crippen molar-refractivity contribution in [1.82, 2.24) is 19.7 Å². The summed E-state index contributed by atoms with van der Waals surface area (Å²) in [7, 11) is 1.97. The third-order valence-corrected chi connectivity index (χ3v) is 8.14. The summed E-state index contributed by atoms with van der Waals surface area (Å²) in [5.74, 6) is 1.89. The summed E-state index contributed by atoms with van der Waals surface area (Å²) in [4.78, 5) is 19.1. The van der Waals surface area contributed by atoms with Crippen molar-refractivity contribution in [3.05, 3.63) is 27.6 Å². The lowest BCUT2D eigenvalue weighted by molar-refractivity contribution is -0.113. The molecule has 6 nitrogen and oxygen atoms in total. The van der Waals surface area contributed by atoms with Gasteiger partial charge in [-0.15, -0.1) is 32.9 Å². The molecule has 148 valence electrons. The minimum atomic E-state index is -0.0823. The maximum Gasteiger partial charge on any atom is 0.236 e. The van der Waals surface area contributed by atoms with Crippen LogP contribution in [0.15, 0.2) is 16.6 Å². The van der Waals surface area contributed by atoms with Crippen molar-refractivity contribution in [1.29, 1.82) is 0 Å². The average molecular weight is 434 g/mol. The molecular formula is C19H23N5OS3. The van der Waals surface area contributed by atoms with Crippen molar-refractivity contribution in [3.63, 3.8) is 0 Å². The zero-order valence-corrected chi connectivity index (χ0v) is 18.6. The van der Waals surface area contributed by atoms with Crippen molar-refractivity contribution in [3.8, 4) is 10.7 Å².